The third-order valence-corrected chi connectivity index (χ3v) is 4.05. The number of nitrogens with zero attached hydrogens (tertiary/aromatic N) is 1. The summed E-state index contributed by atoms with van der Waals surface area (Å²) in [6, 6.07) is 10.8. The fourth-order valence-electron chi connectivity index (χ4n) is 2.56. The van der Waals surface area contributed by atoms with E-state index < -0.39 is 5.41 Å². The second-order valence-corrected chi connectivity index (χ2v) is 5.59. The summed E-state index contributed by atoms with van der Waals surface area (Å²) in [7, 11) is 1.60. The number of carbonyl (C=O) groups is 1. The average Bonchev–Trinajstić information content (AvgIpc) is 3.33. The van der Waals surface area contributed by atoms with E-state index in [1.165, 1.54) is 6.07 Å². The number of rotatable bonds is 4. The van der Waals surface area contributed by atoms with Crippen molar-refractivity contribution in [1.82, 2.24) is 4.98 Å². The molecule has 1 fully saturated rings. The molecule has 1 aliphatic rings. The van der Waals surface area contributed by atoms with E-state index in [9.17, 15) is 9.90 Å². The first-order valence-corrected chi connectivity index (χ1v) is 7.18. The lowest BCUT2D eigenvalue weighted by atomic mass is 9.94. The molecule has 1 aromatic carbocycles. The number of pyridine rings is 1. The molecule has 0 spiro atoms. The molecule has 5 nitrogen and oxygen atoms in total. The predicted octanol–water partition coefficient (Wildman–Crippen LogP) is 2.77. The molecule has 0 unspecified atom stereocenters. The van der Waals surface area contributed by atoms with Gasteiger partial charge in [-0.1, -0.05) is 12.1 Å². The highest BCUT2D eigenvalue weighted by Gasteiger charge is 2.51. The van der Waals surface area contributed by atoms with Gasteiger partial charge in [-0.05, 0) is 49.6 Å². The minimum Gasteiger partial charge on any atom is -0.504 e. The molecule has 2 N–H and O–H groups in total. The van der Waals surface area contributed by atoms with Crippen molar-refractivity contribution in [3.8, 4) is 11.5 Å². The van der Waals surface area contributed by atoms with E-state index in [-0.39, 0.29) is 17.5 Å². The van der Waals surface area contributed by atoms with E-state index in [0.29, 0.717) is 0 Å². The molecule has 1 heterocycles. The number of hydrogen-bond donors (Lipinski definition) is 2. The summed E-state index contributed by atoms with van der Waals surface area (Å²) in [6.45, 7) is 1.81. The first-order chi connectivity index (χ1) is 10.5. The number of nitrogens with one attached hydrogen (secondary N) is 1. The molecular formula is C17H18N2O3. The van der Waals surface area contributed by atoms with Crippen LogP contribution in [0, 0.1) is 6.92 Å². The summed E-state index contributed by atoms with van der Waals surface area (Å²) >= 11 is 0. The number of anilines is 1. The van der Waals surface area contributed by atoms with E-state index >= 15 is 0 Å². The van der Waals surface area contributed by atoms with Crippen LogP contribution in [0.15, 0.2) is 36.4 Å². The highest BCUT2D eigenvalue weighted by atomic mass is 16.5. The number of carbonyl (C=O) groups excluding carboxylic acids is 1. The number of aromatic nitrogens is 1. The van der Waals surface area contributed by atoms with Crippen LogP contribution in [0.3, 0.4) is 0 Å². The Labute approximate surface area is 129 Å². The quantitative estimate of drug-likeness (QED) is 0.910. The Hall–Kier alpha value is -2.56. The molecule has 2 aromatic rings. The molecule has 0 saturated heterocycles. The van der Waals surface area contributed by atoms with Crippen LogP contribution in [0.25, 0.3) is 0 Å². The number of amides is 1. The van der Waals surface area contributed by atoms with Crippen LogP contribution in [0.5, 0.6) is 11.5 Å². The maximum atomic E-state index is 12.7. The summed E-state index contributed by atoms with van der Waals surface area (Å²) in [5.41, 5.74) is 1.11. The molecule has 114 valence electrons. The zero-order valence-electron chi connectivity index (χ0n) is 12.6. The van der Waals surface area contributed by atoms with Crippen LogP contribution in [0.2, 0.25) is 0 Å². The van der Waals surface area contributed by atoms with Crippen LogP contribution in [0.4, 0.5) is 5.82 Å². The Morgan fingerprint density at radius 3 is 2.77 bits per heavy atom. The number of ether oxygens (including phenoxy) is 1. The van der Waals surface area contributed by atoms with Gasteiger partial charge >= 0.3 is 0 Å². The summed E-state index contributed by atoms with van der Waals surface area (Å²) in [4.78, 5) is 16.8. The van der Waals surface area contributed by atoms with Crippen molar-refractivity contribution >= 4 is 11.7 Å². The van der Waals surface area contributed by atoms with Crippen molar-refractivity contribution in [2.75, 3.05) is 12.4 Å². The number of aromatic hydroxyl groups is 1. The van der Waals surface area contributed by atoms with Crippen LogP contribution in [0.1, 0.15) is 24.1 Å². The van der Waals surface area contributed by atoms with Crippen molar-refractivity contribution in [1.29, 1.82) is 0 Å². The maximum absolute atomic E-state index is 12.7. The van der Waals surface area contributed by atoms with E-state index in [2.05, 4.69) is 10.3 Å². The molecule has 1 saturated carbocycles. The van der Waals surface area contributed by atoms with Crippen molar-refractivity contribution in [2.45, 2.75) is 25.2 Å². The van der Waals surface area contributed by atoms with Gasteiger partial charge in [0.05, 0.1) is 12.5 Å². The number of methoxy groups -OCH3 is 1. The van der Waals surface area contributed by atoms with E-state index in [0.717, 1.165) is 29.8 Å². The van der Waals surface area contributed by atoms with Crippen molar-refractivity contribution in [2.24, 2.45) is 0 Å². The van der Waals surface area contributed by atoms with Gasteiger partial charge in [-0.15, -0.1) is 0 Å². The van der Waals surface area contributed by atoms with Gasteiger partial charge in [0.15, 0.2) is 11.6 Å². The minimum atomic E-state index is -0.549. The fraction of sp³-hybridized carbons (Fsp3) is 0.294. The largest absolute Gasteiger partial charge is 0.504 e. The van der Waals surface area contributed by atoms with E-state index in [1.54, 1.807) is 13.2 Å². The predicted molar refractivity (Wildman–Crippen MR) is 83.2 cm³/mol. The number of aryl methyl sites for hydroxylation is 1. The lowest BCUT2D eigenvalue weighted by Gasteiger charge is -2.17. The maximum Gasteiger partial charge on any atom is 0.236 e. The van der Waals surface area contributed by atoms with Crippen molar-refractivity contribution in [3.63, 3.8) is 0 Å². The Kier molecular flexibility index (Phi) is 3.48. The zero-order chi connectivity index (χ0) is 15.7. The smallest absolute Gasteiger partial charge is 0.236 e. The van der Waals surface area contributed by atoms with Crippen molar-refractivity contribution in [3.05, 3.63) is 47.7 Å². The fourth-order valence-corrected chi connectivity index (χ4v) is 2.56. The topological polar surface area (TPSA) is 71.5 Å². The Morgan fingerprint density at radius 2 is 2.09 bits per heavy atom. The number of hydrogen-bond acceptors (Lipinski definition) is 4. The first-order valence-electron chi connectivity index (χ1n) is 7.18. The van der Waals surface area contributed by atoms with Crippen molar-refractivity contribution < 1.29 is 14.6 Å². The Morgan fingerprint density at radius 1 is 1.32 bits per heavy atom. The van der Waals surface area contributed by atoms with Gasteiger partial charge in [0.1, 0.15) is 5.75 Å². The minimum absolute atomic E-state index is 0.0274. The SMILES string of the molecule is COc1cccc(C2(C(=O)Nc3nc(C)ccc3O)CC2)c1. The second kappa shape index (κ2) is 5.33. The second-order valence-electron chi connectivity index (χ2n) is 5.59. The van der Waals surface area contributed by atoms with Gasteiger partial charge < -0.3 is 15.2 Å². The summed E-state index contributed by atoms with van der Waals surface area (Å²) in [5.74, 6) is 0.766. The normalized spacial score (nSPS) is 15.2. The van der Waals surface area contributed by atoms with Crippen LogP contribution in [-0.4, -0.2) is 23.1 Å². The highest BCUT2D eigenvalue weighted by Crippen LogP contribution is 2.49. The Balaban J connectivity index is 1.86. The lowest BCUT2D eigenvalue weighted by molar-refractivity contribution is -0.118. The summed E-state index contributed by atoms with van der Waals surface area (Å²) < 4.78 is 5.23. The third-order valence-electron chi connectivity index (χ3n) is 4.05. The Bertz CT molecular complexity index is 724. The van der Waals surface area contributed by atoms with Gasteiger partial charge in [0.2, 0.25) is 5.91 Å². The lowest BCUT2D eigenvalue weighted by Crippen LogP contribution is -2.28. The zero-order valence-corrected chi connectivity index (χ0v) is 12.6. The molecule has 5 heteroatoms. The first kappa shape index (κ1) is 14.4. The van der Waals surface area contributed by atoms with Gasteiger partial charge in [-0.3, -0.25) is 4.79 Å². The molecule has 0 bridgehead atoms. The van der Waals surface area contributed by atoms with E-state index in [4.69, 9.17) is 4.74 Å². The standard InChI is InChI=1S/C17H18N2O3/c1-11-6-7-14(20)15(18-11)19-16(21)17(8-9-17)12-4-3-5-13(10-12)22-2/h3-7,10,20H,8-9H2,1-2H3,(H,18,19,21). The van der Waals surface area contributed by atoms with Crippen LogP contribution >= 0.6 is 0 Å². The molecule has 0 atom stereocenters. The van der Waals surface area contributed by atoms with E-state index in [1.807, 2.05) is 31.2 Å². The molecule has 0 aliphatic heterocycles. The summed E-state index contributed by atoms with van der Waals surface area (Å²) in [5, 5.41) is 12.6. The highest BCUT2D eigenvalue weighted by molar-refractivity contribution is 6.01. The van der Waals surface area contributed by atoms with Gasteiger partial charge in [-0.25, -0.2) is 4.98 Å². The third kappa shape index (κ3) is 2.50. The summed E-state index contributed by atoms with van der Waals surface area (Å²) in [6.07, 6.45) is 1.55. The molecule has 1 amide bonds. The molecule has 3 rings (SSSR count). The molecule has 22 heavy (non-hydrogen) atoms. The van der Waals surface area contributed by atoms with Gasteiger partial charge in [0.25, 0.3) is 0 Å². The monoisotopic (exact) mass is 298 g/mol. The van der Waals surface area contributed by atoms with Gasteiger partial charge in [-0.2, -0.15) is 0 Å². The van der Waals surface area contributed by atoms with Gasteiger partial charge in [0, 0.05) is 5.69 Å². The van der Waals surface area contributed by atoms with Crippen LogP contribution in [-0.2, 0) is 10.2 Å². The molecule has 1 aromatic heterocycles. The number of benzene rings is 1. The average molecular weight is 298 g/mol. The molecular weight excluding hydrogens is 280 g/mol. The van der Waals surface area contributed by atoms with Crippen LogP contribution < -0.4 is 10.1 Å². The molecule has 0 radical (unpaired) electrons. The molecule has 1 aliphatic carbocycles.